The molecule has 316 valence electrons. The van der Waals surface area contributed by atoms with Crippen LogP contribution in [0, 0.1) is 109 Å². The van der Waals surface area contributed by atoms with Crippen molar-refractivity contribution >= 4 is 0 Å². The van der Waals surface area contributed by atoms with Crippen molar-refractivity contribution in [2.45, 2.75) is 233 Å². The Morgan fingerprint density at radius 3 is 1.35 bits per heavy atom. The average Bonchev–Trinajstić information content (AvgIpc) is 3.90. The van der Waals surface area contributed by atoms with Crippen LogP contribution in [0.2, 0.25) is 0 Å². The summed E-state index contributed by atoms with van der Waals surface area (Å²) in [4.78, 5) is 0. The van der Waals surface area contributed by atoms with E-state index in [0.29, 0.717) is 21.7 Å². The molecule has 0 nitrogen and oxygen atoms in total. The van der Waals surface area contributed by atoms with Crippen LogP contribution >= 0.6 is 0 Å². The summed E-state index contributed by atoms with van der Waals surface area (Å²) in [6.45, 7) is 27.5. The van der Waals surface area contributed by atoms with E-state index in [4.69, 9.17) is 0 Å². The monoisotopic (exact) mass is 749 g/mol. The molecule has 0 aromatic rings. The van der Waals surface area contributed by atoms with E-state index in [0.717, 1.165) is 81.8 Å². The Labute approximate surface area is 341 Å². The Bertz CT molecular complexity index is 1190. The molecule has 13 aliphatic carbocycles. The minimum absolute atomic E-state index is 0. The second-order valence-electron chi connectivity index (χ2n) is 24.8. The quantitative estimate of drug-likeness (QED) is 0.270. The molecule has 0 heterocycles. The zero-order valence-electron chi connectivity index (χ0n) is 36.4. The average molecular weight is 749 g/mol. The van der Waals surface area contributed by atoms with Crippen LogP contribution in [-0.4, -0.2) is 0 Å². The summed E-state index contributed by atoms with van der Waals surface area (Å²) in [5.74, 6) is 14.5. The standard InChI is InChI=1S/2C13H22.C13H24.C12H20.3CH4/c1-3-13(2)11-5-9-4-10(7-11)8-12(13)6-9;1-3-13(2)8-9-7-12(13)11-6-4-5-10(9)11;1-6-13(5)11(2,3)10-7-8-12(13,4)9-10;1-12(2)10-4-8-3-9(6-10)7-11(12)5-8;;;/h2*9-12H,3-8H2,1-2H3;10H,6-9H2,1-5H3;8-11H,3-7H2,1-2H3;3*1H4. The van der Waals surface area contributed by atoms with Crippen LogP contribution in [0.4, 0.5) is 0 Å². The fraction of sp³-hybridized carbons (Fsp3) is 1.00. The lowest BCUT2D eigenvalue weighted by Gasteiger charge is -2.60. The Morgan fingerprint density at radius 2 is 0.944 bits per heavy atom. The van der Waals surface area contributed by atoms with E-state index in [1.807, 2.05) is 0 Å². The smallest absolute Gasteiger partial charge is 0.0221 e. The van der Waals surface area contributed by atoms with Gasteiger partial charge < -0.3 is 0 Å². The molecule has 0 aromatic heterocycles. The molecule has 0 amide bonds. The van der Waals surface area contributed by atoms with Gasteiger partial charge in [-0.1, -0.05) is 118 Å². The Balaban J connectivity index is 0.000000136. The zero-order valence-corrected chi connectivity index (χ0v) is 36.4. The third kappa shape index (κ3) is 6.80. The van der Waals surface area contributed by atoms with Gasteiger partial charge in [-0.05, 0) is 225 Å². The van der Waals surface area contributed by atoms with Gasteiger partial charge in [-0.25, -0.2) is 0 Å². The molecular weight excluding hydrogens is 649 g/mol. The second-order valence-corrected chi connectivity index (χ2v) is 24.8. The van der Waals surface area contributed by atoms with Gasteiger partial charge in [-0.2, -0.15) is 0 Å². The van der Waals surface area contributed by atoms with Gasteiger partial charge >= 0.3 is 0 Å². The normalized spacial score (nSPS) is 53.1. The molecule has 0 spiro atoms. The van der Waals surface area contributed by atoms with Crippen LogP contribution in [0.3, 0.4) is 0 Å². The predicted molar refractivity (Wildman–Crippen MR) is 240 cm³/mol. The minimum Gasteiger partial charge on any atom is -0.0776 e. The van der Waals surface area contributed by atoms with Crippen LogP contribution in [-0.2, 0) is 0 Å². The molecule has 0 aromatic carbocycles. The van der Waals surface area contributed by atoms with Gasteiger partial charge in [0.05, 0.1) is 0 Å². The zero-order chi connectivity index (χ0) is 36.4. The molecular formula is C54H100. The highest BCUT2D eigenvalue weighted by Gasteiger charge is 2.65. The van der Waals surface area contributed by atoms with Crippen LogP contribution in [0.5, 0.6) is 0 Å². The van der Waals surface area contributed by atoms with E-state index in [1.165, 1.54) is 44.4 Å². The lowest BCUT2D eigenvalue weighted by Crippen LogP contribution is -2.51. The number of hydrogen-bond acceptors (Lipinski definition) is 0. The van der Waals surface area contributed by atoms with Crippen molar-refractivity contribution in [1.29, 1.82) is 0 Å². The lowest BCUT2D eigenvalue weighted by atomic mass is 9.45. The van der Waals surface area contributed by atoms with Gasteiger partial charge in [-0.15, -0.1) is 0 Å². The van der Waals surface area contributed by atoms with Gasteiger partial charge in [0.25, 0.3) is 0 Å². The molecule has 8 atom stereocenters. The van der Waals surface area contributed by atoms with Crippen molar-refractivity contribution in [3.05, 3.63) is 0 Å². The van der Waals surface area contributed by atoms with Crippen LogP contribution in [0.15, 0.2) is 0 Å². The van der Waals surface area contributed by atoms with Crippen molar-refractivity contribution in [2.24, 2.45) is 109 Å². The molecule has 13 saturated carbocycles. The molecule has 0 saturated heterocycles. The molecule has 0 N–H and O–H groups in total. The summed E-state index contributed by atoms with van der Waals surface area (Å²) in [5, 5.41) is 0. The molecule has 13 rings (SSSR count). The van der Waals surface area contributed by atoms with Crippen LogP contribution < -0.4 is 0 Å². The molecule has 0 heteroatoms. The summed E-state index contributed by atoms with van der Waals surface area (Å²) in [5.41, 5.74) is 4.00. The molecule has 13 fully saturated rings. The molecule has 12 bridgehead atoms. The Morgan fingerprint density at radius 1 is 0.463 bits per heavy atom. The summed E-state index contributed by atoms with van der Waals surface area (Å²) < 4.78 is 0. The van der Waals surface area contributed by atoms with E-state index in [9.17, 15) is 0 Å². The fourth-order valence-corrected chi connectivity index (χ4v) is 18.7. The van der Waals surface area contributed by atoms with Crippen molar-refractivity contribution in [2.75, 3.05) is 0 Å². The Hall–Kier alpha value is 0. The molecule has 54 heavy (non-hydrogen) atoms. The molecule has 0 aliphatic heterocycles. The predicted octanol–water partition coefficient (Wildman–Crippen LogP) is 17.3. The Kier molecular flexibility index (Phi) is 13.0. The fourth-order valence-electron chi connectivity index (χ4n) is 18.7. The lowest BCUT2D eigenvalue weighted by molar-refractivity contribution is -0.1000. The highest BCUT2D eigenvalue weighted by molar-refractivity contribution is 5.14. The number of hydrogen-bond donors (Lipinski definition) is 0. The SMILES string of the molecule is C.C.C.CC1(C)C2CC3CC(C2)CC1C3.CCC1(C)C2(C)CCC(C2)C1(C)C.CCC1(C)C2CC3CC(C2)CC1C3.CCC1(C)CC2CC1C1CCCC21. The molecule has 0 radical (unpaired) electrons. The first-order chi connectivity index (χ1) is 24.0. The largest absolute Gasteiger partial charge is 0.0776 e. The highest BCUT2D eigenvalue weighted by atomic mass is 14.7. The number of fused-ring (bicyclic) bond motifs is 7. The van der Waals surface area contributed by atoms with Crippen molar-refractivity contribution in [1.82, 2.24) is 0 Å². The summed E-state index contributed by atoms with van der Waals surface area (Å²) in [7, 11) is 0. The first-order valence-corrected chi connectivity index (χ1v) is 24.0. The van der Waals surface area contributed by atoms with E-state index in [-0.39, 0.29) is 22.3 Å². The maximum atomic E-state index is 2.58. The first kappa shape index (κ1) is 45.1. The maximum absolute atomic E-state index is 2.58. The highest BCUT2D eigenvalue weighted by Crippen LogP contribution is 2.73. The van der Waals surface area contributed by atoms with Crippen molar-refractivity contribution < 1.29 is 0 Å². The number of rotatable bonds is 3. The third-order valence-corrected chi connectivity index (χ3v) is 23.0. The molecule has 8 unspecified atom stereocenters. The van der Waals surface area contributed by atoms with E-state index in [1.54, 1.807) is 96.3 Å². The topological polar surface area (TPSA) is 0 Å². The van der Waals surface area contributed by atoms with E-state index >= 15 is 0 Å². The third-order valence-electron chi connectivity index (χ3n) is 23.0. The van der Waals surface area contributed by atoms with Crippen LogP contribution in [0.25, 0.3) is 0 Å². The summed E-state index contributed by atoms with van der Waals surface area (Å²) >= 11 is 0. The van der Waals surface area contributed by atoms with Crippen molar-refractivity contribution in [3.63, 3.8) is 0 Å². The molecule has 13 aliphatic rings. The van der Waals surface area contributed by atoms with Gasteiger partial charge in [0.2, 0.25) is 0 Å². The van der Waals surface area contributed by atoms with E-state index < -0.39 is 0 Å². The van der Waals surface area contributed by atoms with Gasteiger partial charge in [0.1, 0.15) is 0 Å². The van der Waals surface area contributed by atoms with Crippen molar-refractivity contribution in [3.8, 4) is 0 Å². The second kappa shape index (κ2) is 15.6. The van der Waals surface area contributed by atoms with Gasteiger partial charge in [0.15, 0.2) is 0 Å². The van der Waals surface area contributed by atoms with E-state index in [2.05, 4.69) is 76.2 Å². The van der Waals surface area contributed by atoms with Crippen LogP contribution in [0.1, 0.15) is 233 Å². The van der Waals surface area contributed by atoms with Gasteiger partial charge in [0, 0.05) is 0 Å². The summed E-state index contributed by atoms with van der Waals surface area (Å²) in [6, 6.07) is 0. The van der Waals surface area contributed by atoms with Gasteiger partial charge in [-0.3, -0.25) is 0 Å². The first-order valence-electron chi connectivity index (χ1n) is 24.0. The maximum Gasteiger partial charge on any atom is -0.0221 e. The summed E-state index contributed by atoms with van der Waals surface area (Å²) in [6.07, 6.45) is 32.3. The minimum atomic E-state index is 0.